The fraction of sp³-hybridized carbons (Fsp3) is 0.118. The summed E-state index contributed by atoms with van der Waals surface area (Å²) in [6, 6.07) is 29.8. The maximum absolute atomic E-state index is 13.4. The van der Waals surface area contributed by atoms with E-state index >= 15 is 0 Å². The van der Waals surface area contributed by atoms with Crippen molar-refractivity contribution in [1.82, 2.24) is 5.32 Å². The Bertz CT molecular complexity index is 1640. The predicted molar refractivity (Wildman–Crippen MR) is 170 cm³/mol. The molecule has 43 heavy (non-hydrogen) atoms. The van der Waals surface area contributed by atoms with Crippen LogP contribution in [0.4, 0.5) is 11.4 Å². The maximum Gasteiger partial charge on any atom is 0.338 e. The van der Waals surface area contributed by atoms with Gasteiger partial charge in [0.1, 0.15) is 5.70 Å². The molecule has 9 heteroatoms. The smallest absolute Gasteiger partial charge is 0.338 e. The van der Waals surface area contributed by atoms with Crippen molar-refractivity contribution in [1.29, 1.82) is 0 Å². The van der Waals surface area contributed by atoms with Crippen LogP contribution in [0.5, 0.6) is 0 Å². The van der Waals surface area contributed by atoms with Crippen LogP contribution in [0, 0.1) is 6.92 Å². The van der Waals surface area contributed by atoms with Gasteiger partial charge in [0.15, 0.2) is 0 Å². The van der Waals surface area contributed by atoms with E-state index in [4.69, 9.17) is 4.74 Å². The van der Waals surface area contributed by atoms with Crippen LogP contribution >= 0.6 is 11.8 Å². The first kappa shape index (κ1) is 30.8. The monoisotopic (exact) mass is 593 g/mol. The van der Waals surface area contributed by atoms with Gasteiger partial charge in [-0.25, -0.2) is 4.79 Å². The number of thioether (sulfide) groups is 1. The van der Waals surface area contributed by atoms with Gasteiger partial charge in [-0.1, -0.05) is 54.1 Å². The number of nitrogens with one attached hydrogen (secondary N) is 3. The standard InChI is InChI=1S/C34H31N3O5S/c1-3-42-34(41)26-15-17-27(18-16-26)35-31(38)22-43-29-14-8-13-28(21-29)36-33(40)30(20-24-10-7-9-23(2)19-24)37-32(39)25-11-5-4-6-12-25/h4-21H,3,22H2,1-2H3,(H,35,38)(H,36,40)(H,37,39)/b30-20+. The minimum atomic E-state index is -0.489. The second-order valence-corrected chi connectivity index (χ2v) is 10.5. The molecule has 3 N–H and O–H groups in total. The van der Waals surface area contributed by atoms with Crippen LogP contribution < -0.4 is 16.0 Å². The highest BCUT2D eigenvalue weighted by molar-refractivity contribution is 8.00. The van der Waals surface area contributed by atoms with E-state index in [1.807, 2.05) is 43.3 Å². The second-order valence-electron chi connectivity index (χ2n) is 9.41. The van der Waals surface area contributed by atoms with Crippen molar-refractivity contribution in [2.45, 2.75) is 18.7 Å². The molecule has 0 fully saturated rings. The quantitative estimate of drug-likeness (QED) is 0.107. The maximum atomic E-state index is 13.4. The van der Waals surface area contributed by atoms with Crippen LogP contribution in [0.2, 0.25) is 0 Å². The van der Waals surface area contributed by atoms with Crippen LogP contribution in [0.15, 0.2) is 114 Å². The zero-order chi connectivity index (χ0) is 30.6. The zero-order valence-corrected chi connectivity index (χ0v) is 24.6. The van der Waals surface area contributed by atoms with Crippen LogP contribution in [-0.2, 0) is 14.3 Å². The number of rotatable bonds is 11. The molecule has 3 amide bonds. The summed E-state index contributed by atoms with van der Waals surface area (Å²) in [5, 5.41) is 8.39. The number of aryl methyl sites for hydroxylation is 1. The number of amides is 3. The largest absolute Gasteiger partial charge is 0.462 e. The highest BCUT2D eigenvalue weighted by Gasteiger charge is 2.16. The van der Waals surface area contributed by atoms with Crippen molar-refractivity contribution in [3.8, 4) is 0 Å². The molecule has 0 saturated heterocycles. The third-order valence-electron chi connectivity index (χ3n) is 6.02. The number of hydrogen-bond acceptors (Lipinski definition) is 6. The molecule has 0 spiro atoms. The Labute approximate surface area is 254 Å². The lowest BCUT2D eigenvalue weighted by Crippen LogP contribution is -2.30. The van der Waals surface area contributed by atoms with Gasteiger partial charge in [0.25, 0.3) is 11.8 Å². The Morgan fingerprint density at radius 1 is 0.767 bits per heavy atom. The zero-order valence-electron chi connectivity index (χ0n) is 23.8. The number of esters is 1. The van der Waals surface area contributed by atoms with E-state index in [1.165, 1.54) is 11.8 Å². The normalized spacial score (nSPS) is 10.9. The summed E-state index contributed by atoms with van der Waals surface area (Å²) in [6.07, 6.45) is 1.63. The lowest BCUT2D eigenvalue weighted by atomic mass is 10.1. The summed E-state index contributed by atoms with van der Waals surface area (Å²) >= 11 is 1.30. The van der Waals surface area contributed by atoms with Gasteiger partial charge in [-0.15, -0.1) is 11.8 Å². The molecule has 0 saturated carbocycles. The van der Waals surface area contributed by atoms with Crippen molar-refractivity contribution in [2.24, 2.45) is 0 Å². The molecule has 0 aliphatic rings. The molecule has 0 unspecified atom stereocenters. The van der Waals surface area contributed by atoms with E-state index in [9.17, 15) is 19.2 Å². The fourth-order valence-corrected chi connectivity index (χ4v) is 4.74. The molecule has 0 aromatic heterocycles. The molecule has 4 rings (SSSR count). The van der Waals surface area contributed by atoms with E-state index in [0.29, 0.717) is 22.5 Å². The molecule has 4 aromatic rings. The molecule has 0 heterocycles. The Balaban J connectivity index is 1.40. The van der Waals surface area contributed by atoms with Gasteiger partial charge in [0.05, 0.1) is 17.9 Å². The first-order chi connectivity index (χ1) is 20.8. The lowest BCUT2D eigenvalue weighted by Gasteiger charge is -2.12. The molecule has 8 nitrogen and oxygen atoms in total. The Hall–Kier alpha value is -5.15. The van der Waals surface area contributed by atoms with E-state index in [0.717, 1.165) is 16.0 Å². The molecule has 0 aliphatic heterocycles. The average Bonchev–Trinajstić information content (AvgIpc) is 3.01. The molecular formula is C34H31N3O5S. The molecule has 0 bridgehead atoms. The molecular weight excluding hydrogens is 562 g/mol. The van der Waals surface area contributed by atoms with Gasteiger partial charge in [-0.3, -0.25) is 14.4 Å². The van der Waals surface area contributed by atoms with Gasteiger partial charge >= 0.3 is 5.97 Å². The van der Waals surface area contributed by atoms with Crippen LogP contribution in [-0.4, -0.2) is 36.1 Å². The summed E-state index contributed by atoms with van der Waals surface area (Å²) in [4.78, 5) is 51.4. The van der Waals surface area contributed by atoms with Crippen LogP contribution in [0.1, 0.15) is 38.8 Å². The average molecular weight is 594 g/mol. The number of carbonyl (C=O) groups is 4. The number of anilines is 2. The van der Waals surface area contributed by atoms with Crippen LogP contribution in [0.25, 0.3) is 6.08 Å². The van der Waals surface area contributed by atoms with E-state index in [2.05, 4.69) is 16.0 Å². The van der Waals surface area contributed by atoms with Gasteiger partial charge in [0, 0.05) is 21.8 Å². The summed E-state index contributed by atoms with van der Waals surface area (Å²) in [5.74, 6) is -1.41. The third-order valence-corrected chi connectivity index (χ3v) is 7.02. The van der Waals surface area contributed by atoms with E-state index in [1.54, 1.807) is 79.7 Å². The highest BCUT2D eigenvalue weighted by atomic mass is 32.2. The summed E-state index contributed by atoms with van der Waals surface area (Å²) in [7, 11) is 0. The second kappa shape index (κ2) is 15.2. The Morgan fingerprint density at radius 2 is 1.51 bits per heavy atom. The number of hydrogen-bond donors (Lipinski definition) is 3. The first-order valence-corrected chi connectivity index (χ1v) is 14.6. The van der Waals surface area contributed by atoms with Gasteiger partial charge in [-0.2, -0.15) is 0 Å². The summed E-state index contributed by atoms with van der Waals surface area (Å²) in [6.45, 7) is 3.97. The van der Waals surface area contributed by atoms with Crippen molar-refractivity contribution in [3.63, 3.8) is 0 Å². The van der Waals surface area contributed by atoms with Crippen LogP contribution in [0.3, 0.4) is 0 Å². The van der Waals surface area contributed by atoms with Gasteiger partial charge in [0.2, 0.25) is 5.91 Å². The summed E-state index contributed by atoms with van der Waals surface area (Å²) < 4.78 is 4.97. The number of benzene rings is 4. The number of ether oxygens (including phenoxy) is 1. The SMILES string of the molecule is CCOC(=O)c1ccc(NC(=O)CSc2cccc(NC(=O)/C(=C\c3cccc(C)c3)NC(=O)c3ccccc3)c2)cc1. The minimum Gasteiger partial charge on any atom is -0.462 e. The highest BCUT2D eigenvalue weighted by Crippen LogP contribution is 2.23. The minimum absolute atomic E-state index is 0.0888. The fourth-order valence-electron chi connectivity index (χ4n) is 3.98. The van der Waals surface area contributed by atoms with Gasteiger partial charge < -0.3 is 20.7 Å². The molecule has 0 radical (unpaired) electrons. The predicted octanol–water partition coefficient (Wildman–Crippen LogP) is 6.31. The van der Waals surface area contributed by atoms with Crippen molar-refractivity contribution in [3.05, 3.63) is 131 Å². The van der Waals surface area contributed by atoms with Gasteiger partial charge in [-0.05, 0) is 80.1 Å². The molecule has 0 atom stereocenters. The van der Waals surface area contributed by atoms with Crippen molar-refractivity contribution < 1.29 is 23.9 Å². The topological polar surface area (TPSA) is 114 Å². The molecule has 0 aliphatic carbocycles. The van der Waals surface area contributed by atoms with Crippen molar-refractivity contribution >= 4 is 52.9 Å². The Kier molecular flexibility index (Phi) is 10.9. The molecule has 4 aromatic carbocycles. The summed E-state index contributed by atoms with van der Waals surface area (Å²) in [5.41, 5.74) is 3.78. The first-order valence-electron chi connectivity index (χ1n) is 13.6. The molecule has 218 valence electrons. The van der Waals surface area contributed by atoms with E-state index in [-0.39, 0.29) is 24.0 Å². The third kappa shape index (κ3) is 9.44. The lowest BCUT2D eigenvalue weighted by molar-refractivity contribution is -0.114. The number of carbonyl (C=O) groups excluding carboxylic acids is 4. The Morgan fingerprint density at radius 3 is 2.23 bits per heavy atom. The van der Waals surface area contributed by atoms with Crippen molar-refractivity contribution in [2.75, 3.05) is 23.0 Å². The van der Waals surface area contributed by atoms with E-state index < -0.39 is 17.8 Å².